The number of carbonyl (C=O) groups excluding carboxylic acids is 2. The zero-order chi connectivity index (χ0) is 25.9. The second-order valence-electron chi connectivity index (χ2n) is 9.87. The first kappa shape index (κ1) is 25.9. The van der Waals surface area contributed by atoms with Crippen LogP contribution in [-0.2, 0) is 36.8 Å². The smallest absolute Gasteiger partial charge is 0.310 e. The van der Waals surface area contributed by atoms with Crippen molar-refractivity contribution >= 4 is 17.6 Å². The minimum atomic E-state index is -0.667. The van der Waals surface area contributed by atoms with Crippen LogP contribution in [0, 0.1) is 5.41 Å². The summed E-state index contributed by atoms with van der Waals surface area (Å²) in [5, 5.41) is 2.99. The first-order chi connectivity index (χ1) is 17.1. The number of epoxide rings is 1. The van der Waals surface area contributed by atoms with E-state index in [4.69, 9.17) is 23.7 Å². The molecule has 2 saturated heterocycles. The number of esters is 1. The van der Waals surface area contributed by atoms with Gasteiger partial charge in [-0.05, 0) is 42.8 Å². The number of nitrogens with one attached hydrogen (secondary N) is 1. The van der Waals surface area contributed by atoms with Gasteiger partial charge in [-0.25, -0.2) is 4.90 Å². The fourth-order valence-electron chi connectivity index (χ4n) is 3.92. The molecule has 4 rings (SSSR count). The van der Waals surface area contributed by atoms with Crippen molar-refractivity contribution in [1.29, 1.82) is 0 Å². The SMILES string of the molecule is CCOC(=O)Cc1ccc(OC)c(Oc2ccc(NC(=O)C(C)(C)C)cc2CN2CCOC23CO3)c1. The third-order valence-corrected chi connectivity index (χ3v) is 6.02. The highest BCUT2D eigenvalue weighted by Gasteiger charge is 2.55. The largest absolute Gasteiger partial charge is 0.493 e. The van der Waals surface area contributed by atoms with Crippen molar-refractivity contribution in [3.8, 4) is 17.2 Å². The summed E-state index contributed by atoms with van der Waals surface area (Å²) in [4.78, 5) is 26.7. The minimum Gasteiger partial charge on any atom is -0.493 e. The van der Waals surface area contributed by atoms with Gasteiger partial charge in [-0.15, -0.1) is 0 Å². The van der Waals surface area contributed by atoms with E-state index >= 15 is 0 Å². The predicted octanol–water partition coefficient (Wildman–Crippen LogP) is 4.09. The number of benzene rings is 2. The summed E-state index contributed by atoms with van der Waals surface area (Å²) in [6.45, 7) is 10.0. The summed E-state index contributed by atoms with van der Waals surface area (Å²) in [7, 11) is 1.56. The third kappa shape index (κ3) is 5.98. The number of nitrogens with zero attached hydrogens (tertiary/aromatic N) is 1. The van der Waals surface area contributed by atoms with Crippen LogP contribution in [0.25, 0.3) is 0 Å². The predicted molar refractivity (Wildman–Crippen MR) is 133 cm³/mol. The molecule has 1 N–H and O–H groups in total. The number of anilines is 1. The second kappa shape index (κ2) is 10.5. The fourth-order valence-corrected chi connectivity index (χ4v) is 3.92. The van der Waals surface area contributed by atoms with Crippen molar-refractivity contribution in [2.24, 2.45) is 5.41 Å². The molecule has 9 nitrogen and oxygen atoms in total. The molecular weight excluding hydrogens is 464 g/mol. The summed E-state index contributed by atoms with van der Waals surface area (Å²) in [5.74, 6) is 0.545. The Kier molecular flexibility index (Phi) is 7.54. The lowest BCUT2D eigenvalue weighted by Gasteiger charge is -2.23. The Bertz CT molecular complexity index is 1120. The average Bonchev–Trinajstić information content (AvgIpc) is 3.50. The van der Waals surface area contributed by atoms with Gasteiger partial charge in [-0.2, -0.15) is 0 Å². The Hall–Kier alpha value is -3.14. The van der Waals surface area contributed by atoms with Gasteiger partial charge in [0.1, 0.15) is 12.4 Å². The summed E-state index contributed by atoms with van der Waals surface area (Å²) in [6.07, 6.45) is 0.129. The molecule has 2 heterocycles. The molecule has 1 atom stereocenters. The molecular formula is C27H34N2O7. The molecule has 0 bridgehead atoms. The van der Waals surface area contributed by atoms with Gasteiger partial charge in [-0.1, -0.05) is 26.8 Å². The maximum Gasteiger partial charge on any atom is 0.310 e. The van der Waals surface area contributed by atoms with E-state index in [1.54, 1.807) is 32.2 Å². The monoisotopic (exact) mass is 498 g/mol. The van der Waals surface area contributed by atoms with Crippen molar-refractivity contribution < 1.29 is 33.3 Å². The quantitative estimate of drug-likeness (QED) is 0.408. The van der Waals surface area contributed by atoms with Crippen molar-refractivity contribution in [2.45, 2.75) is 46.6 Å². The molecule has 1 spiro atoms. The number of ether oxygens (including phenoxy) is 5. The number of methoxy groups -OCH3 is 1. The maximum absolute atomic E-state index is 12.6. The summed E-state index contributed by atoms with van der Waals surface area (Å²) >= 11 is 0. The van der Waals surface area contributed by atoms with Gasteiger partial charge in [0, 0.05) is 29.8 Å². The van der Waals surface area contributed by atoms with Crippen LogP contribution >= 0.6 is 0 Å². The van der Waals surface area contributed by atoms with Gasteiger partial charge in [0.05, 0.1) is 26.7 Å². The summed E-state index contributed by atoms with van der Waals surface area (Å²) in [6, 6.07) is 10.9. The molecule has 2 aromatic carbocycles. The number of hydrogen-bond donors (Lipinski definition) is 1. The molecule has 9 heteroatoms. The molecule has 1 unspecified atom stereocenters. The highest BCUT2D eigenvalue weighted by molar-refractivity contribution is 5.94. The molecule has 0 radical (unpaired) electrons. The Morgan fingerprint density at radius 2 is 1.83 bits per heavy atom. The molecule has 1 amide bonds. The summed E-state index contributed by atoms with van der Waals surface area (Å²) in [5.41, 5.74) is 1.74. The number of hydrogen-bond acceptors (Lipinski definition) is 8. The highest BCUT2D eigenvalue weighted by Crippen LogP contribution is 2.41. The van der Waals surface area contributed by atoms with Crippen molar-refractivity contribution in [2.75, 3.05) is 38.8 Å². The topological polar surface area (TPSA) is 98.9 Å². The average molecular weight is 499 g/mol. The Morgan fingerprint density at radius 3 is 2.50 bits per heavy atom. The lowest BCUT2D eigenvalue weighted by molar-refractivity contribution is -0.142. The van der Waals surface area contributed by atoms with Crippen molar-refractivity contribution in [1.82, 2.24) is 4.90 Å². The lowest BCUT2D eigenvalue weighted by atomic mass is 9.95. The van der Waals surface area contributed by atoms with Crippen LogP contribution in [0.3, 0.4) is 0 Å². The van der Waals surface area contributed by atoms with Gasteiger partial charge in [0.25, 0.3) is 5.91 Å². The molecule has 0 saturated carbocycles. The normalized spacial score (nSPS) is 19.2. The van der Waals surface area contributed by atoms with Crippen LogP contribution < -0.4 is 14.8 Å². The van der Waals surface area contributed by atoms with Gasteiger partial charge >= 0.3 is 5.97 Å². The third-order valence-electron chi connectivity index (χ3n) is 6.02. The first-order valence-electron chi connectivity index (χ1n) is 12.1. The molecule has 194 valence electrons. The summed E-state index contributed by atoms with van der Waals surface area (Å²) < 4.78 is 28.3. The fraction of sp³-hybridized carbons (Fsp3) is 0.481. The van der Waals surface area contributed by atoms with E-state index in [-0.39, 0.29) is 18.3 Å². The van der Waals surface area contributed by atoms with E-state index in [9.17, 15) is 9.59 Å². The standard InChI is InChI=1S/C27H34N2O7/c1-6-33-24(30)14-18-7-9-22(32-5)23(13-18)36-21-10-8-20(28-25(31)26(2,3)4)15-19(21)16-29-11-12-34-27(29)17-35-27/h7-10,13,15H,6,11-12,14,16-17H2,1-5H3,(H,28,31). The number of carbonyl (C=O) groups is 2. The molecule has 2 fully saturated rings. The van der Waals surface area contributed by atoms with Crippen LogP contribution in [0.2, 0.25) is 0 Å². The molecule has 0 aromatic heterocycles. The van der Waals surface area contributed by atoms with Crippen molar-refractivity contribution in [3.63, 3.8) is 0 Å². The molecule has 36 heavy (non-hydrogen) atoms. The van der Waals surface area contributed by atoms with E-state index in [0.717, 1.165) is 17.7 Å². The van der Waals surface area contributed by atoms with Gasteiger partial charge in [-0.3, -0.25) is 9.59 Å². The van der Waals surface area contributed by atoms with Crippen molar-refractivity contribution in [3.05, 3.63) is 47.5 Å². The minimum absolute atomic E-state index is 0.0815. The number of rotatable bonds is 9. The Balaban J connectivity index is 1.63. The first-order valence-corrected chi connectivity index (χ1v) is 12.1. The number of amides is 1. The highest BCUT2D eigenvalue weighted by atomic mass is 16.8. The van der Waals surface area contributed by atoms with Gasteiger partial charge in [0.2, 0.25) is 5.91 Å². The van der Waals surface area contributed by atoms with Crippen LogP contribution in [0.4, 0.5) is 5.69 Å². The molecule has 2 aliphatic heterocycles. The maximum atomic E-state index is 12.6. The van der Waals surface area contributed by atoms with Crippen LogP contribution in [0.15, 0.2) is 36.4 Å². The second-order valence-corrected chi connectivity index (χ2v) is 9.87. The van der Waals surface area contributed by atoms with E-state index in [2.05, 4.69) is 10.2 Å². The Morgan fingerprint density at radius 1 is 1.08 bits per heavy atom. The molecule has 2 aromatic rings. The van der Waals surface area contributed by atoms with Crippen LogP contribution in [0.5, 0.6) is 17.2 Å². The van der Waals surface area contributed by atoms with E-state index in [1.165, 1.54) is 0 Å². The lowest BCUT2D eigenvalue weighted by Crippen LogP contribution is -2.33. The van der Waals surface area contributed by atoms with E-state index < -0.39 is 11.3 Å². The van der Waals surface area contributed by atoms with Gasteiger partial charge < -0.3 is 29.0 Å². The molecule has 2 aliphatic rings. The van der Waals surface area contributed by atoms with E-state index in [0.29, 0.717) is 49.3 Å². The zero-order valence-corrected chi connectivity index (χ0v) is 21.5. The molecule has 0 aliphatic carbocycles. The van der Waals surface area contributed by atoms with Crippen LogP contribution in [-0.4, -0.2) is 56.2 Å². The zero-order valence-electron chi connectivity index (χ0n) is 21.5. The van der Waals surface area contributed by atoms with Gasteiger partial charge in [0.15, 0.2) is 11.5 Å². The van der Waals surface area contributed by atoms with E-state index in [1.807, 2.05) is 39.0 Å². The Labute approximate surface area is 211 Å². The van der Waals surface area contributed by atoms with Crippen LogP contribution in [0.1, 0.15) is 38.8 Å².